The summed E-state index contributed by atoms with van der Waals surface area (Å²) < 4.78 is 5.51. The molecule has 6 heteroatoms. The standard InChI is InChI=1S/C24H27N3O3/c25-24(29)19-8-11-27(12-9-19)16-18-2-1-3-21(15-18)26-23(28)7-5-17-4-6-22-20(14-17)10-13-30-22/h1-7,14-15,19H,8-13,16H2,(H2,25,29)(H,26,28)/b7-5+. The molecule has 2 aromatic carbocycles. The van der Waals surface area contributed by atoms with E-state index < -0.39 is 0 Å². The SMILES string of the molecule is NC(=O)C1CCN(Cc2cccc(NC(=O)/C=C/c3ccc4c(c3)CCO4)c2)CC1. The molecule has 0 aliphatic carbocycles. The van der Waals surface area contributed by atoms with Crippen LogP contribution in [-0.2, 0) is 22.6 Å². The second-order valence-electron chi connectivity index (χ2n) is 7.94. The fraction of sp³-hybridized carbons (Fsp3) is 0.333. The molecule has 1 saturated heterocycles. The molecular weight excluding hydrogens is 378 g/mol. The number of carbonyl (C=O) groups excluding carboxylic acids is 2. The zero-order chi connectivity index (χ0) is 20.9. The zero-order valence-corrected chi connectivity index (χ0v) is 17.0. The van der Waals surface area contributed by atoms with Crippen LogP contribution in [0.5, 0.6) is 5.75 Å². The summed E-state index contributed by atoms with van der Waals surface area (Å²) in [5, 5.41) is 2.93. The first kappa shape index (κ1) is 20.2. The van der Waals surface area contributed by atoms with E-state index in [2.05, 4.69) is 22.3 Å². The van der Waals surface area contributed by atoms with Gasteiger partial charge < -0.3 is 15.8 Å². The lowest BCUT2D eigenvalue weighted by molar-refractivity contribution is -0.123. The number of primary amides is 1. The Balaban J connectivity index is 1.31. The van der Waals surface area contributed by atoms with Gasteiger partial charge in [-0.05, 0) is 73.0 Å². The topological polar surface area (TPSA) is 84.7 Å². The zero-order valence-electron chi connectivity index (χ0n) is 17.0. The lowest BCUT2D eigenvalue weighted by Gasteiger charge is -2.30. The number of hydrogen-bond acceptors (Lipinski definition) is 4. The minimum absolute atomic E-state index is 0.00291. The summed E-state index contributed by atoms with van der Waals surface area (Å²) in [6.45, 7) is 3.24. The summed E-state index contributed by atoms with van der Waals surface area (Å²) in [6, 6.07) is 13.9. The van der Waals surface area contributed by atoms with E-state index in [1.807, 2.05) is 36.4 Å². The number of likely N-dealkylation sites (tertiary alicyclic amines) is 1. The van der Waals surface area contributed by atoms with Gasteiger partial charge in [-0.1, -0.05) is 18.2 Å². The smallest absolute Gasteiger partial charge is 0.248 e. The van der Waals surface area contributed by atoms with Gasteiger partial charge in [-0.3, -0.25) is 14.5 Å². The summed E-state index contributed by atoms with van der Waals surface area (Å²) in [4.78, 5) is 26.0. The number of nitrogens with one attached hydrogen (secondary N) is 1. The minimum atomic E-state index is -0.194. The summed E-state index contributed by atoms with van der Waals surface area (Å²) in [6.07, 6.45) is 5.91. The number of benzene rings is 2. The van der Waals surface area contributed by atoms with E-state index in [9.17, 15) is 9.59 Å². The van der Waals surface area contributed by atoms with E-state index in [4.69, 9.17) is 10.5 Å². The number of nitrogens with two attached hydrogens (primary N) is 1. The monoisotopic (exact) mass is 405 g/mol. The predicted octanol–water partition coefficient (Wildman–Crippen LogP) is 2.97. The number of carbonyl (C=O) groups is 2. The van der Waals surface area contributed by atoms with Crippen LogP contribution in [0, 0.1) is 5.92 Å². The molecule has 2 aliphatic rings. The Labute approximate surface area is 176 Å². The Morgan fingerprint density at radius 3 is 2.80 bits per heavy atom. The molecule has 0 radical (unpaired) electrons. The molecule has 4 rings (SSSR count). The van der Waals surface area contributed by atoms with Crippen LogP contribution < -0.4 is 15.8 Å². The highest BCUT2D eigenvalue weighted by molar-refractivity contribution is 6.02. The molecule has 156 valence electrons. The first-order valence-corrected chi connectivity index (χ1v) is 10.4. The van der Waals surface area contributed by atoms with E-state index in [1.54, 1.807) is 6.08 Å². The molecule has 0 saturated carbocycles. The minimum Gasteiger partial charge on any atom is -0.493 e. The molecular formula is C24H27N3O3. The quantitative estimate of drug-likeness (QED) is 0.724. The van der Waals surface area contributed by atoms with Crippen molar-refractivity contribution in [2.24, 2.45) is 11.7 Å². The lowest BCUT2D eigenvalue weighted by atomic mass is 9.96. The summed E-state index contributed by atoms with van der Waals surface area (Å²) in [5.41, 5.74) is 9.49. The Kier molecular flexibility index (Phi) is 6.14. The summed E-state index contributed by atoms with van der Waals surface area (Å²) in [7, 11) is 0. The fourth-order valence-electron chi connectivity index (χ4n) is 4.05. The molecule has 2 heterocycles. The first-order chi connectivity index (χ1) is 14.6. The third-order valence-corrected chi connectivity index (χ3v) is 5.73. The molecule has 3 N–H and O–H groups in total. The molecule has 0 atom stereocenters. The lowest BCUT2D eigenvalue weighted by Crippen LogP contribution is -2.38. The van der Waals surface area contributed by atoms with Gasteiger partial charge in [0.2, 0.25) is 11.8 Å². The van der Waals surface area contributed by atoms with Gasteiger partial charge in [-0.15, -0.1) is 0 Å². The predicted molar refractivity (Wildman–Crippen MR) is 117 cm³/mol. The number of nitrogens with zero attached hydrogens (tertiary/aromatic N) is 1. The van der Waals surface area contributed by atoms with Crippen molar-refractivity contribution in [3.63, 3.8) is 0 Å². The second kappa shape index (κ2) is 9.13. The number of piperidine rings is 1. The van der Waals surface area contributed by atoms with Gasteiger partial charge in [-0.25, -0.2) is 0 Å². The molecule has 0 aromatic heterocycles. The molecule has 30 heavy (non-hydrogen) atoms. The maximum absolute atomic E-state index is 12.3. The summed E-state index contributed by atoms with van der Waals surface area (Å²) >= 11 is 0. The Morgan fingerprint density at radius 1 is 1.17 bits per heavy atom. The van der Waals surface area contributed by atoms with Crippen LogP contribution in [0.25, 0.3) is 6.08 Å². The van der Waals surface area contributed by atoms with Crippen LogP contribution in [0.15, 0.2) is 48.5 Å². The van der Waals surface area contributed by atoms with Crippen LogP contribution >= 0.6 is 0 Å². The van der Waals surface area contributed by atoms with E-state index in [-0.39, 0.29) is 17.7 Å². The van der Waals surface area contributed by atoms with Crippen molar-refractivity contribution >= 4 is 23.6 Å². The van der Waals surface area contributed by atoms with Crippen molar-refractivity contribution in [2.45, 2.75) is 25.8 Å². The average molecular weight is 405 g/mol. The van der Waals surface area contributed by atoms with Crippen LogP contribution in [0.3, 0.4) is 0 Å². The Morgan fingerprint density at radius 2 is 2.00 bits per heavy atom. The molecule has 2 aromatic rings. The molecule has 0 unspecified atom stereocenters. The number of ether oxygens (including phenoxy) is 1. The van der Waals surface area contributed by atoms with Gasteiger partial charge in [0.1, 0.15) is 5.75 Å². The molecule has 6 nitrogen and oxygen atoms in total. The highest BCUT2D eigenvalue weighted by atomic mass is 16.5. The van der Waals surface area contributed by atoms with Crippen LogP contribution in [0.1, 0.15) is 29.5 Å². The largest absolute Gasteiger partial charge is 0.493 e. The third-order valence-electron chi connectivity index (χ3n) is 5.73. The van der Waals surface area contributed by atoms with Gasteiger partial charge in [0.15, 0.2) is 0 Å². The maximum atomic E-state index is 12.3. The van der Waals surface area contributed by atoms with E-state index in [0.717, 1.165) is 68.1 Å². The molecule has 0 spiro atoms. The number of fused-ring (bicyclic) bond motifs is 1. The second-order valence-corrected chi connectivity index (χ2v) is 7.94. The number of hydrogen-bond donors (Lipinski definition) is 2. The highest BCUT2D eigenvalue weighted by Gasteiger charge is 2.23. The number of amides is 2. The van der Waals surface area contributed by atoms with Gasteiger partial charge >= 0.3 is 0 Å². The van der Waals surface area contributed by atoms with Crippen molar-refractivity contribution in [1.82, 2.24) is 4.90 Å². The summed E-state index contributed by atoms with van der Waals surface area (Å²) in [5.74, 6) is 0.580. The number of anilines is 1. The van der Waals surface area contributed by atoms with Gasteiger partial charge in [0, 0.05) is 30.6 Å². The van der Waals surface area contributed by atoms with E-state index in [0.29, 0.717) is 0 Å². The van der Waals surface area contributed by atoms with Crippen molar-refractivity contribution in [3.8, 4) is 5.75 Å². The van der Waals surface area contributed by atoms with Crippen molar-refractivity contribution in [2.75, 3.05) is 25.0 Å². The third kappa shape index (κ3) is 5.07. The maximum Gasteiger partial charge on any atom is 0.248 e. The highest BCUT2D eigenvalue weighted by Crippen LogP contribution is 2.26. The van der Waals surface area contributed by atoms with Gasteiger partial charge in [0.25, 0.3) is 0 Å². The van der Waals surface area contributed by atoms with E-state index >= 15 is 0 Å². The fourth-order valence-corrected chi connectivity index (χ4v) is 4.05. The molecule has 0 bridgehead atoms. The van der Waals surface area contributed by atoms with Crippen molar-refractivity contribution in [3.05, 3.63) is 65.2 Å². The van der Waals surface area contributed by atoms with Crippen molar-refractivity contribution < 1.29 is 14.3 Å². The normalized spacial score (nSPS) is 16.9. The van der Waals surface area contributed by atoms with Crippen molar-refractivity contribution in [1.29, 1.82) is 0 Å². The van der Waals surface area contributed by atoms with Crippen LogP contribution in [0.4, 0.5) is 5.69 Å². The number of rotatable bonds is 6. The first-order valence-electron chi connectivity index (χ1n) is 10.4. The van der Waals surface area contributed by atoms with Gasteiger partial charge in [-0.2, -0.15) is 0 Å². The molecule has 2 aliphatic heterocycles. The van der Waals surface area contributed by atoms with Crippen LogP contribution in [-0.4, -0.2) is 36.4 Å². The average Bonchev–Trinajstić information content (AvgIpc) is 3.21. The Bertz CT molecular complexity index is 962. The Hall–Kier alpha value is -3.12. The van der Waals surface area contributed by atoms with E-state index in [1.165, 1.54) is 5.56 Å². The molecule has 2 amide bonds. The van der Waals surface area contributed by atoms with Crippen LogP contribution in [0.2, 0.25) is 0 Å². The molecule has 1 fully saturated rings. The van der Waals surface area contributed by atoms with Gasteiger partial charge in [0.05, 0.1) is 6.61 Å².